The normalized spacial score (nSPS) is 21.1. The van der Waals surface area contributed by atoms with Crippen LogP contribution in [0.4, 0.5) is 5.69 Å². The van der Waals surface area contributed by atoms with Crippen molar-refractivity contribution in [3.8, 4) is 0 Å². The Balaban J connectivity index is 1.86. The van der Waals surface area contributed by atoms with Crippen molar-refractivity contribution in [1.29, 1.82) is 0 Å². The van der Waals surface area contributed by atoms with Crippen molar-refractivity contribution in [2.75, 3.05) is 25.6 Å². The number of aromatic nitrogens is 1. The lowest BCUT2D eigenvalue weighted by Crippen LogP contribution is -2.30. The Hall–Kier alpha value is -1.66. The fourth-order valence-corrected chi connectivity index (χ4v) is 2.88. The third kappa shape index (κ3) is 5.48. The number of pyridine rings is 1. The predicted octanol–water partition coefficient (Wildman–Crippen LogP) is 2.03. The highest BCUT2D eigenvalue weighted by Gasteiger charge is 2.22. The monoisotopic (exact) mass is 322 g/mol. The Kier molecular flexibility index (Phi) is 6.80. The molecule has 0 radical (unpaired) electrons. The number of carbonyl (C=O) groups is 1. The number of hydrogen-bond acceptors (Lipinski definition) is 4. The molecule has 128 valence electrons. The van der Waals surface area contributed by atoms with Gasteiger partial charge in [-0.1, -0.05) is 19.8 Å². The van der Waals surface area contributed by atoms with Crippen LogP contribution in [0.2, 0.25) is 0 Å². The highest BCUT2D eigenvalue weighted by Crippen LogP contribution is 2.26. The zero-order chi connectivity index (χ0) is 16.7. The first-order chi connectivity index (χ1) is 11.1. The maximum atomic E-state index is 12.0. The van der Waals surface area contributed by atoms with Gasteiger partial charge in [-0.05, 0) is 24.8 Å². The fraction of sp³-hybridized carbons (Fsp3) is 0.647. The van der Waals surface area contributed by atoms with Crippen LogP contribution in [-0.4, -0.2) is 36.9 Å². The van der Waals surface area contributed by atoms with Crippen LogP contribution in [0.5, 0.6) is 0 Å². The molecule has 1 aromatic heterocycles. The summed E-state index contributed by atoms with van der Waals surface area (Å²) in [5.74, 6) is 0.312. The van der Waals surface area contributed by atoms with E-state index in [9.17, 15) is 9.59 Å². The van der Waals surface area contributed by atoms with Crippen molar-refractivity contribution in [1.82, 2.24) is 4.57 Å². The van der Waals surface area contributed by atoms with E-state index in [1.165, 1.54) is 23.5 Å². The Morgan fingerprint density at radius 1 is 1.35 bits per heavy atom. The third-order valence-corrected chi connectivity index (χ3v) is 4.26. The minimum atomic E-state index is -0.195. The zero-order valence-electron chi connectivity index (χ0n) is 13.9. The molecule has 1 fully saturated rings. The molecule has 0 spiro atoms. The summed E-state index contributed by atoms with van der Waals surface area (Å²) in [4.78, 5) is 23.7. The molecule has 1 amide bonds. The molecule has 0 saturated heterocycles. The summed E-state index contributed by atoms with van der Waals surface area (Å²) in [6, 6.07) is 3.04. The number of hydrogen-bond donors (Lipinski definition) is 1. The van der Waals surface area contributed by atoms with Gasteiger partial charge >= 0.3 is 0 Å². The number of ether oxygens (including phenoxy) is 2. The summed E-state index contributed by atoms with van der Waals surface area (Å²) >= 11 is 0. The van der Waals surface area contributed by atoms with Gasteiger partial charge in [-0.15, -0.1) is 0 Å². The number of nitrogens with zero attached hydrogens (tertiary/aromatic N) is 1. The summed E-state index contributed by atoms with van der Waals surface area (Å²) in [5, 5.41) is 2.78. The van der Waals surface area contributed by atoms with Gasteiger partial charge in [0.05, 0.1) is 18.4 Å². The van der Waals surface area contributed by atoms with Gasteiger partial charge in [0.1, 0.15) is 6.61 Å². The SMILES string of the molecule is COCCn1cc(NC(=O)CO[C@H]2CCCC[C@H]2C)ccc1=O. The van der Waals surface area contributed by atoms with Gasteiger partial charge in [0, 0.05) is 25.9 Å². The average Bonchev–Trinajstić information content (AvgIpc) is 2.54. The highest BCUT2D eigenvalue weighted by atomic mass is 16.5. The van der Waals surface area contributed by atoms with E-state index in [2.05, 4.69) is 12.2 Å². The van der Waals surface area contributed by atoms with Crippen LogP contribution in [0.25, 0.3) is 0 Å². The number of amides is 1. The van der Waals surface area contributed by atoms with E-state index in [1.807, 2.05) is 0 Å². The number of rotatable bonds is 7. The van der Waals surface area contributed by atoms with Gasteiger partial charge in [0.15, 0.2) is 0 Å². The first-order valence-corrected chi connectivity index (χ1v) is 8.21. The number of carbonyl (C=O) groups excluding carboxylic acids is 1. The summed E-state index contributed by atoms with van der Waals surface area (Å²) in [6.45, 7) is 3.12. The summed E-state index contributed by atoms with van der Waals surface area (Å²) in [5.41, 5.74) is 0.471. The quantitative estimate of drug-likeness (QED) is 0.834. The fourth-order valence-electron chi connectivity index (χ4n) is 2.88. The molecule has 0 unspecified atom stereocenters. The van der Waals surface area contributed by atoms with E-state index in [4.69, 9.17) is 9.47 Å². The number of nitrogens with one attached hydrogen (secondary N) is 1. The molecule has 1 aliphatic carbocycles. The molecular formula is C17H26N2O4. The molecule has 2 rings (SSSR count). The minimum absolute atomic E-state index is 0.0478. The maximum Gasteiger partial charge on any atom is 0.250 e. The smallest absolute Gasteiger partial charge is 0.250 e. The molecule has 2 atom stereocenters. The second kappa shape index (κ2) is 8.84. The van der Waals surface area contributed by atoms with E-state index in [-0.39, 0.29) is 24.2 Å². The van der Waals surface area contributed by atoms with Crippen molar-refractivity contribution in [2.45, 2.75) is 45.3 Å². The van der Waals surface area contributed by atoms with Gasteiger partial charge in [-0.25, -0.2) is 0 Å². The lowest BCUT2D eigenvalue weighted by Gasteiger charge is -2.28. The topological polar surface area (TPSA) is 69.6 Å². The van der Waals surface area contributed by atoms with Gasteiger partial charge in [-0.3, -0.25) is 9.59 Å². The lowest BCUT2D eigenvalue weighted by molar-refractivity contribution is -0.124. The number of anilines is 1. The summed E-state index contributed by atoms with van der Waals surface area (Å²) < 4.78 is 12.2. The van der Waals surface area contributed by atoms with Gasteiger partial charge in [-0.2, -0.15) is 0 Å². The molecule has 1 aliphatic rings. The van der Waals surface area contributed by atoms with Gasteiger partial charge < -0.3 is 19.4 Å². The highest BCUT2D eigenvalue weighted by molar-refractivity contribution is 5.91. The molecule has 23 heavy (non-hydrogen) atoms. The minimum Gasteiger partial charge on any atom is -0.383 e. The van der Waals surface area contributed by atoms with Crippen LogP contribution in [0.3, 0.4) is 0 Å². The largest absolute Gasteiger partial charge is 0.383 e. The standard InChI is InChI=1S/C17H26N2O4/c1-13-5-3-4-6-15(13)23-12-16(20)18-14-7-8-17(21)19(11-14)9-10-22-2/h7-8,11,13,15H,3-6,9-10,12H2,1-2H3,(H,18,20)/t13-,15+/m1/s1. The van der Waals surface area contributed by atoms with E-state index >= 15 is 0 Å². The summed E-state index contributed by atoms with van der Waals surface area (Å²) in [6.07, 6.45) is 6.40. The molecule has 1 heterocycles. The van der Waals surface area contributed by atoms with Crippen molar-refractivity contribution in [2.24, 2.45) is 5.92 Å². The van der Waals surface area contributed by atoms with Gasteiger partial charge in [0.25, 0.3) is 5.56 Å². The molecule has 1 aromatic rings. The molecule has 1 saturated carbocycles. The van der Waals surface area contributed by atoms with Crippen LogP contribution in [0.15, 0.2) is 23.1 Å². The zero-order valence-corrected chi connectivity index (χ0v) is 13.9. The van der Waals surface area contributed by atoms with Crippen LogP contribution in [0.1, 0.15) is 32.6 Å². The van der Waals surface area contributed by atoms with Crippen molar-refractivity contribution in [3.63, 3.8) is 0 Å². The molecule has 0 aliphatic heterocycles. The molecule has 0 aromatic carbocycles. The van der Waals surface area contributed by atoms with E-state index in [0.29, 0.717) is 24.8 Å². The Labute approximate surface area is 136 Å². The van der Waals surface area contributed by atoms with Crippen LogP contribution in [-0.2, 0) is 20.8 Å². The predicted molar refractivity (Wildman–Crippen MR) is 88.6 cm³/mol. The lowest BCUT2D eigenvalue weighted by atomic mass is 9.88. The van der Waals surface area contributed by atoms with Crippen LogP contribution < -0.4 is 10.9 Å². The second-order valence-electron chi connectivity index (χ2n) is 6.10. The number of methoxy groups -OCH3 is 1. The Morgan fingerprint density at radius 3 is 2.87 bits per heavy atom. The maximum absolute atomic E-state index is 12.0. The van der Waals surface area contributed by atoms with Crippen molar-refractivity contribution < 1.29 is 14.3 Å². The Bertz CT molecular complexity index is 570. The van der Waals surface area contributed by atoms with E-state index < -0.39 is 0 Å². The van der Waals surface area contributed by atoms with Crippen LogP contribution >= 0.6 is 0 Å². The van der Waals surface area contributed by atoms with Crippen molar-refractivity contribution >= 4 is 11.6 Å². The summed E-state index contributed by atoms with van der Waals surface area (Å²) in [7, 11) is 1.58. The average molecular weight is 322 g/mol. The second-order valence-corrected chi connectivity index (χ2v) is 6.10. The first kappa shape index (κ1) is 17.7. The molecular weight excluding hydrogens is 296 g/mol. The third-order valence-electron chi connectivity index (χ3n) is 4.26. The molecule has 6 nitrogen and oxygen atoms in total. The Morgan fingerprint density at radius 2 is 2.13 bits per heavy atom. The molecule has 6 heteroatoms. The molecule has 0 bridgehead atoms. The first-order valence-electron chi connectivity index (χ1n) is 8.21. The van der Waals surface area contributed by atoms with Gasteiger partial charge in [0.2, 0.25) is 5.91 Å². The van der Waals surface area contributed by atoms with Crippen LogP contribution in [0, 0.1) is 5.92 Å². The van der Waals surface area contributed by atoms with E-state index in [1.54, 1.807) is 19.4 Å². The van der Waals surface area contributed by atoms with E-state index in [0.717, 1.165) is 12.8 Å². The molecule has 1 N–H and O–H groups in total. The van der Waals surface area contributed by atoms with Crippen molar-refractivity contribution in [3.05, 3.63) is 28.7 Å².